The molecule has 0 aromatic rings. The highest BCUT2D eigenvalue weighted by Crippen LogP contribution is 2.65. The summed E-state index contributed by atoms with van der Waals surface area (Å²) in [7, 11) is 2.77. The number of ether oxygens (including phenoxy) is 2. The largest absolute Gasteiger partial charge is 0.469 e. The Kier molecular flexibility index (Phi) is 4.58. The Hall–Kier alpha value is -1.10. The second-order valence-electron chi connectivity index (χ2n) is 7.40. The van der Waals surface area contributed by atoms with Crippen molar-refractivity contribution in [3.05, 3.63) is 0 Å². The number of aliphatic hydroxyl groups excluding tert-OH is 1. The Balaban J connectivity index is 2.43. The van der Waals surface area contributed by atoms with Crippen molar-refractivity contribution in [3.8, 4) is 0 Å². The van der Waals surface area contributed by atoms with E-state index >= 15 is 0 Å². The van der Waals surface area contributed by atoms with Gasteiger partial charge in [-0.2, -0.15) is 0 Å². The molecule has 5 heteroatoms. The van der Waals surface area contributed by atoms with E-state index in [0.717, 1.165) is 19.3 Å². The van der Waals surface area contributed by atoms with Gasteiger partial charge in [0.25, 0.3) is 0 Å². The van der Waals surface area contributed by atoms with Crippen LogP contribution < -0.4 is 0 Å². The molecule has 2 rings (SSSR count). The lowest BCUT2D eigenvalue weighted by Crippen LogP contribution is -2.55. The van der Waals surface area contributed by atoms with Gasteiger partial charge in [0.15, 0.2) is 0 Å². The number of hydrogen-bond acceptors (Lipinski definition) is 5. The van der Waals surface area contributed by atoms with E-state index in [1.807, 2.05) is 6.92 Å². The fraction of sp³-hybridized carbons (Fsp3) is 0.882. The van der Waals surface area contributed by atoms with Gasteiger partial charge in [-0.1, -0.05) is 20.8 Å². The van der Waals surface area contributed by atoms with Gasteiger partial charge in [0, 0.05) is 0 Å². The number of carbonyl (C=O) groups is 2. The summed E-state index contributed by atoms with van der Waals surface area (Å²) >= 11 is 0. The summed E-state index contributed by atoms with van der Waals surface area (Å²) in [5.41, 5.74) is -0.664. The van der Waals surface area contributed by atoms with Crippen LogP contribution in [0.5, 0.6) is 0 Å². The maximum Gasteiger partial charge on any atom is 0.309 e. The fourth-order valence-electron chi connectivity index (χ4n) is 4.95. The summed E-state index contributed by atoms with van der Waals surface area (Å²) in [5.74, 6) is -1.41. The van der Waals surface area contributed by atoms with Crippen LogP contribution in [0.4, 0.5) is 0 Å². The highest BCUT2D eigenvalue weighted by molar-refractivity contribution is 5.77. The molecule has 0 heterocycles. The summed E-state index contributed by atoms with van der Waals surface area (Å²) in [4.78, 5) is 24.5. The number of aliphatic hydroxyl groups is 1. The average Bonchev–Trinajstić information content (AvgIpc) is 2.75. The van der Waals surface area contributed by atoms with E-state index in [9.17, 15) is 14.7 Å². The van der Waals surface area contributed by atoms with Gasteiger partial charge in [0.1, 0.15) is 0 Å². The standard InChI is InChI=1S/C17H28O5/c1-10(14(19)21-4)11-6-8-16(2)12(18)7-9-17(16,3)13(11)15(20)22-5/h10-13,18H,6-9H2,1-5H3/t10?,11-,12-,13+,16+,17+/m0/s1. The molecule has 0 aromatic heterocycles. The topological polar surface area (TPSA) is 72.8 Å². The third-order valence-corrected chi connectivity index (χ3v) is 6.76. The smallest absolute Gasteiger partial charge is 0.309 e. The zero-order valence-corrected chi connectivity index (χ0v) is 14.2. The lowest BCUT2D eigenvalue weighted by atomic mass is 9.49. The van der Waals surface area contributed by atoms with Crippen LogP contribution in [0.2, 0.25) is 0 Å². The fourth-order valence-corrected chi connectivity index (χ4v) is 4.95. The van der Waals surface area contributed by atoms with Gasteiger partial charge in [-0.3, -0.25) is 9.59 Å². The van der Waals surface area contributed by atoms with Crippen molar-refractivity contribution in [2.45, 2.75) is 52.6 Å². The summed E-state index contributed by atoms with van der Waals surface area (Å²) in [6, 6.07) is 0. The molecule has 0 saturated heterocycles. The van der Waals surface area contributed by atoms with Crippen molar-refractivity contribution in [2.75, 3.05) is 14.2 Å². The summed E-state index contributed by atoms with van der Waals surface area (Å²) < 4.78 is 9.94. The van der Waals surface area contributed by atoms with Crippen LogP contribution >= 0.6 is 0 Å². The molecule has 0 aliphatic heterocycles. The molecule has 0 amide bonds. The molecule has 1 unspecified atom stereocenters. The van der Waals surface area contributed by atoms with Crippen LogP contribution in [-0.4, -0.2) is 37.4 Å². The summed E-state index contributed by atoms with van der Waals surface area (Å²) in [6.07, 6.45) is 2.59. The molecular formula is C17H28O5. The van der Waals surface area contributed by atoms with Gasteiger partial charge in [0.2, 0.25) is 0 Å². The SMILES string of the molecule is COC(=O)C(C)[C@@H]1CC[C@]2(C)[C@@H](O)CC[C@]2(C)[C@H]1C(=O)OC. The molecule has 0 spiro atoms. The first-order valence-corrected chi connectivity index (χ1v) is 8.06. The average molecular weight is 312 g/mol. The van der Waals surface area contributed by atoms with E-state index in [-0.39, 0.29) is 40.5 Å². The number of esters is 2. The zero-order chi connectivity index (χ0) is 16.7. The first kappa shape index (κ1) is 17.3. The Labute approximate surface area is 132 Å². The van der Waals surface area contributed by atoms with Gasteiger partial charge in [-0.05, 0) is 42.4 Å². The second-order valence-corrected chi connectivity index (χ2v) is 7.40. The normalized spacial score (nSPS) is 42.4. The number of fused-ring (bicyclic) bond motifs is 1. The molecular weight excluding hydrogens is 284 g/mol. The lowest BCUT2D eigenvalue weighted by molar-refractivity contribution is -0.174. The van der Waals surface area contributed by atoms with Crippen LogP contribution in [0.1, 0.15) is 46.5 Å². The minimum atomic E-state index is -0.404. The zero-order valence-electron chi connectivity index (χ0n) is 14.2. The van der Waals surface area contributed by atoms with E-state index < -0.39 is 6.10 Å². The van der Waals surface area contributed by atoms with E-state index in [1.165, 1.54) is 14.2 Å². The molecule has 0 aromatic carbocycles. The molecule has 0 radical (unpaired) electrons. The highest BCUT2D eigenvalue weighted by Gasteiger charge is 2.64. The molecule has 2 saturated carbocycles. The maximum atomic E-state index is 12.5. The van der Waals surface area contributed by atoms with Gasteiger partial charge < -0.3 is 14.6 Å². The van der Waals surface area contributed by atoms with Crippen molar-refractivity contribution in [3.63, 3.8) is 0 Å². The van der Waals surface area contributed by atoms with Crippen molar-refractivity contribution in [1.29, 1.82) is 0 Å². The predicted octanol–water partition coefficient (Wildman–Crippen LogP) is 2.16. The minimum absolute atomic E-state index is 0.108. The van der Waals surface area contributed by atoms with Crippen LogP contribution in [0.25, 0.3) is 0 Å². The Morgan fingerprint density at radius 1 is 1.09 bits per heavy atom. The number of rotatable bonds is 3. The predicted molar refractivity (Wildman–Crippen MR) is 80.9 cm³/mol. The Bertz CT molecular complexity index is 462. The molecule has 0 bridgehead atoms. The quantitative estimate of drug-likeness (QED) is 0.809. The second kappa shape index (κ2) is 5.84. The number of carbonyl (C=O) groups excluding carboxylic acids is 2. The first-order chi connectivity index (χ1) is 10.2. The monoisotopic (exact) mass is 312 g/mol. The third kappa shape index (κ3) is 2.25. The van der Waals surface area contributed by atoms with E-state index in [0.29, 0.717) is 6.42 Å². The van der Waals surface area contributed by atoms with E-state index in [4.69, 9.17) is 9.47 Å². The molecule has 2 aliphatic carbocycles. The van der Waals surface area contributed by atoms with Crippen LogP contribution in [-0.2, 0) is 19.1 Å². The van der Waals surface area contributed by atoms with Gasteiger partial charge >= 0.3 is 11.9 Å². The first-order valence-electron chi connectivity index (χ1n) is 8.06. The lowest BCUT2D eigenvalue weighted by Gasteiger charge is -2.54. The Morgan fingerprint density at radius 3 is 2.23 bits per heavy atom. The van der Waals surface area contributed by atoms with Crippen LogP contribution in [0.15, 0.2) is 0 Å². The van der Waals surface area contributed by atoms with Crippen molar-refractivity contribution in [1.82, 2.24) is 0 Å². The van der Waals surface area contributed by atoms with Crippen LogP contribution in [0, 0.1) is 28.6 Å². The number of hydrogen-bond donors (Lipinski definition) is 1. The number of methoxy groups -OCH3 is 2. The highest BCUT2D eigenvalue weighted by atomic mass is 16.5. The Morgan fingerprint density at radius 2 is 1.68 bits per heavy atom. The van der Waals surface area contributed by atoms with Crippen molar-refractivity contribution >= 4 is 11.9 Å². The molecule has 1 N–H and O–H groups in total. The maximum absolute atomic E-state index is 12.5. The van der Waals surface area contributed by atoms with E-state index in [2.05, 4.69) is 13.8 Å². The molecule has 5 nitrogen and oxygen atoms in total. The van der Waals surface area contributed by atoms with Gasteiger partial charge in [-0.15, -0.1) is 0 Å². The minimum Gasteiger partial charge on any atom is -0.469 e. The van der Waals surface area contributed by atoms with Crippen molar-refractivity contribution in [2.24, 2.45) is 28.6 Å². The van der Waals surface area contributed by atoms with Crippen LogP contribution in [0.3, 0.4) is 0 Å². The van der Waals surface area contributed by atoms with Crippen molar-refractivity contribution < 1.29 is 24.2 Å². The summed E-state index contributed by atoms with van der Waals surface area (Å²) in [6.45, 7) is 5.96. The third-order valence-electron chi connectivity index (χ3n) is 6.76. The molecule has 6 atom stereocenters. The molecule has 2 aliphatic rings. The van der Waals surface area contributed by atoms with E-state index in [1.54, 1.807) is 0 Å². The van der Waals surface area contributed by atoms with Gasteiger partial charge in [0.05, 0.1) is 32.2 Å². The summed E-state index contributed by atoms with van der Waals surface area (Å²) in [5, 5.41) is 10.5. The van der Waals surface area contributed by atoms with Gasteiger partial charge in [-0.25, -0.2) is 0 Å². The molecule has 126 valence electrons. The molecule has 22 heavy (non-hydrogen) atoms. The molecule has 2 fully saturated rings.